The molecule has 1 atom stereocenters. The average molecular weight is 172 g/mol. The first-order valence-electron chi connectivity index (χ1n) is 3.85. The summed E-state index contributed by atoms with van der Waals surface area (Å²) in [7, 11) is 0. The minimum absolute atomic E-state index is 0.302. The lowest BCUT2D eigenvalue weighted by Crippen LogP contribution is -2.14. The Balaban J connectivity index is 2.67. The molecule has 0 unspecified atom stereocenters. The molecule has 0 saturated carbocycles. The molecule has 68 valence electrons. The number of hydrogen-bond acceptors (Lipinski definition) is 4. The number of cyclic esters (lactones) is 1. The third kappa shape index (κ3) is 1.52. The van der Waals surface area contributed by atoms with E-state index in [4.69, 9.17) is 10.2 Å². The highest BCUT2D eigenvalue weighted by Gasteiger charge is 2.34. The smallest absolute Gasteiger partial charge is 0.377 e. The SMILES string of the molecule is CC(C)C[C@H]1OC(=O)C(O)=C1O. The Labute approximate surface area is 70.5 Å². The molecule has 0 aromatic rings. The molecule has 0 bridgehead atoms. The van der Waals surface area contributed by atoms with Crippen LogP contribution in [0.25, 0.3) is 0 Å². The number of carbonyl (C=O) groups excluding carboxylic acids is 1. The molecule has 2 N–H and O–H groups in total. The van der Waals surface area contributed by atoms with Gasteiger partial charge in [0.2, 0.25) is 5.76 Å². The number of hydrogen-bond donors (Lipinski definition) is 2. The van der Waals surface area contributed by atoms with Crippen molar-refractivity contribution in [1.29, 1.82) is 0 Å². The van der Waals surface area contributed by atoms with Crippen LogP contribution in [0.2, 0.25) is 0 Å². The Kier molecular flexibility index (Phi) is 2.26. The summed E-state index contributed by atoms with van der Waals surface area (Å²) in [5.74, 6) is -1.52. The van der Waals surface area contributed by atoms with E-state index in [1.54, 1.807) is 0 Å². The number of aliphatic hydroxyl groups excluding tert-OH is 2. The summed E-state index contributed by atoms with van der Waals surface area (Å²) >= 11 is 0. The molecule has 0 radical (unpaired) electrons. The lowest BCUT2D eigenvalue weighted by molar-refractivity contribution is -0.142. The quantitative estimate of drug-likeness (QED) is 0.616. The number of rotatable bonds is 2. The van der Waals surface area contributed by atoms with E-state index in [2.05, 4.69) is 4.74 Å². The Morgan fingerprint density at radius 1 is 1.50 bits per heavy atom. The van der Waals surface area contributed by atoms with E-state index < -0.39 is 17.8 Å². The molecule has 0 aliphatic carbocycles. The van der Waals surface area contributed by atoms with E-state index >= 15 is 0 Å². The molecule has 0 amide bonds. The summed E-state index contributed by atoms with van der Waals surface area (Å²) < 4.78 is 4.68. The molecule has 1 aliphatic rings. The van der Waals surface area contributed by atoms with Gasteiger partial charge >= 0.3 is 5.97 Å². The lowest BCUT2D eigenvalue weighted by Gasteiger charge is -2.11. The van der Waals surface area contributed by atoms with Crippen molar-refractivity contribution in [2.75, 3.05) is 0 Å². The Morgan fingerprint density at radius 2 is 2.08 bits per heavy atom. The van der Waals surface area contributed by atoms with Crippen molar-refractivity contribution in [3.8, 4) is 0 Å². The maximum absolute atomic E-state index is 10.7. The Hall–Kier alpha value is -1.19. The molecule has 12 heavy (non-hydrogen) atoms. The third-order valence-electron chi connectivity index (χ3n) is 1.68. The second-order valence-electron chi connectivity index (χ2n) is 3.26. The normalized spacial score (nSPS) is 23.6. The van der Waals surface area contributed by atoms with Crippen LogP contribution in [0.5, 0.6) is 0 Å². The van der Waals surface area contributed by atoms with Crippen molar-refractivity contribution >= 4 is 5.97 Å². The van der Waals surface area contributed by atoms with Crippen LogP contribution in [0.3, 0.4) is 0 Å². The Morgan fingerprint density at radius 3 is 2.42 bits per heavy atom. The standard InChI is InChI=1S/C8H12O4/c1-4(2)3-5-6(9)7(10)8(11)12-5/h4-5,9-10H,3H2,1-2H3/t5-/m1/s1. The van der Waals surface area contributed by atoms with Gasteiger partial charge in [-0.05, 0) is 12.3 Å². The maximum Gasteiger partial charge on any atom is 0.377 e. The summed E-state index contributed by atoms with van der Waals surface area (Å²) in [6, 6.07) is 0. The van der Waals surface area contributed by atoms with Gasteiger partial charge in [0.25, 0.3) is 0 Å². The molecule has 0 saturated heterocycles. The van der Waals surface area contributed by atoms with Gasteiger partial charge in [0.15, 0.2) is 11.9 Å². The second kappa shape index (κ2) is 3.05. The average Bonchev–Trinajstić information content (AvgIpc) is 2.17. The highest BCUT2D eigenvalue weighted by molar-refractivity contribution is 5.88. The molecule has 0 fully saturated rings. The summed E-state index contributed by atoms with van der Waals surface area (Å²) in [6.45, 7) is 3.88. The first-order chi connectivity index (χ1) is 5.52. The van der Waals surface area contributed by atoms with Crippen molar-refractivity contribution in [2.24, 2.45) is 5.92 Å². The highest BCUT2D eigenvalue weighted by Crippen LogP contribution is 2.23. The molecule has 4 heteroatoms. The van der Waals surface area contributed by atoms with E-state index in [-0.39, 0.29) is 5.76 Å². The van der Waals surface area contributed by atoms with Crippen molar-refractivity contribution < 1.29 is 19.7 Å². The number of ether oxygens (including phenoxy) is 1. The van der Waals surface area contributed by atoms with Crippen LogP contribution in [0.4, 0.5) is 0 Å². The molecule has 4 nitrogen and oxygen atoms in total. The first-order valence-corrected chi connectivity index (χ1v) is 3.85. The lowest BCUT2D eigenvalue weighted by atomic mass is 10.1. The van der Waals surface area contributed by atoms with Gasteiger partial charge in [-0.3, -0.25) is 0 Å². The van der Waals surface area contributed by atoms with E-state index in [0.29, 0.717) is 12.3 Å². The number of esters is 1. The molecule has 1 aliphatic heterocycles. The fourth-order valence-corrected chi connectivity index (χ4v) is 1.09. The topological polar surface area (TPSA) is 66.8 Å². The van der Waals surface area contributed by atoms with E-state index in [1.165, 1.54) is 0 Å². The van der Waals surface area contributed by atoms with Gasteiger partial charge < -0.3 is 14.9 Å². The molecule has 0 aromatic carbocycles. The van der Waals surface area contributed by atoms with Crippen LogP contribution in [0.1, 0.15) is 20.3 Å². The summed E-state index contributed by atoms with van der Waals surface area (Å²) in [5.41, 5.74) is 0. The third-order valence-corrected chi connectivity index (χ3v) is 1.68. The monoisotopic (exact) mass is 172 g/mol. The zero-order valence-electron chi connectivity index (χ0n) is 7.07. The molecule has 0 spiro atoms. The summed E-state index contributed by atoms with van der Waals surface area (Å²) in [5, 5.41) is 18.1. The zero-order valence-corrected chi connectivity index (χ0v) is 7.07. The van der Waals surface area contributed by atoms with Crippen LogP contribution < -0.4 is 0 Å². The maximum atomic E-state index is 10.7. The van der Waals surface area contributed by atoms with Crippen LogP contribution in [0.15, 0.2) is 11.5 Å². The minimum Gasteiger partial charge on any atom is -0.505 e. The predicted molar refractivity (Wildman–Crippen MR) is 41.6 cm³/mol. The Bertz CT molecular complexity index is 229. The van der Waals surface area contributed by atoms with E-state index in [0.717, 1.165) is 0 Å². The van der Waals surface area contributed by atoms with E-state index in [1.807, 2.05) is 13.8 Å². The summed E-state index contributed by atoms with van der Waals surface area (Å²) in [6.07, 6.45) is -0.126. The van der Waals surface area contributed by atoms with Crippen LogP contribution in [0, 0.1) is 5.92 Å². The first kappa shape index (κ1) is 8.90. The zero-order chi connectivity index (χ0) is 9.30. The highest BCUT2D eigenvalue weighted by atomic mass is 16.6. The molecule has 1 heterocycles. The van der Waals surface area contributed by atoms with Gasteiger partial charge in [-0.15, -0.1) is 0 Å². The molecule has 0 aromatic heterocycles. The van der Waals surface area contributed by atoms with Crippen molar-refractivity contribution in [3.05, 3.63) is 11.5 Å². The largest absolute Gasteiger partial charge is 0.505 e. The van der Waals surface area contributed by atoms with Crippen molar-refractivity contribution in [2.45, 2.75) is 26.4 Å². The van der Waals surface area contributed by atoms with Crippen LogP contribution in [-0.4, -0.2) is 22.3 Å². The van der Waals surface area contributed by atoms with Gasteiger partial charge in [0, 0.05) is 0 Å². The minimum atomic E-state index is -0.835. The van der Waals surface area contributed by atoms with Gasteiger partial charge in [-0.2, -0.15) is 0 Å². The van der Waals surface area contributed by atoms with Gasteiger partial charge in [0.05, 0.1) is 0 Å². The van der Waals surface area contributed by atoms with Gasteiger partial charge in [-0.1, -0.05) is 13.8 Å². The fourth-order valence-electron chi connectivity index (χ4n) is 1.09. The van der Waals surface area contributed by atoms with Crippen LogP contribution in [-0.2, 0) is 9.53 Å². The van der Waals surface area contributed by atoms with Crippen molar-refractivity contribution in [3.63, 3.8) is 0 Å². The molecular weight excluding hydrogens is 160 g/mol. The second-order valence-corrected chi connectivity index (χ2v) is 3.26. The van der Waals surface area contributed by atoms with Gasteiger partial charge in [0.1, 0.15) is 0 Å². The summed E-state index contributed by atoms with van der Waals surface area (Å²) in [4.78, 5) is 10.7. The number of aliphatic hydroxyl groups is 2. The predicted octanol–water partition coefficient (Wildman–Crippen LogP) is 1.29. The molecule has 1 rings (SSSR count). The van der Waals surface area contributed by atoms with Gasteiger partial charge in [-0.25, -0.2) is 4.79 Å². The molecular formula is C8H12O4. The van der Waals surface area contributed by atoms with Crippen molar-refractivity contribution in [1.82, 2.24) is 0 Å². The van der Waals surface area contributed by atoms with E-state index in [9.17, 15) is 4.79 Å². The van der Waals surface area contributed by atoms with Crippen LogP contribution >= 0.6 is 0 Å². The fraction of sp³-hybridized carbons (Fsp3) is 0.625. The number of carbonyl (C=O) groups is 1.